The van der Waals surface area contributed by atoms with Gasteiger partial charge in [0.1, 0.15) is 10.7 Å². The summed E-state index contributed by atoms with van der Waals surface area (Å²) in [6, 6.07) is 9.73. The molecule has 114 valence electrons. The zero-order valence-electron chi connectivity index (χ0n) is 12.5. The second-order valence-corrected chi connectivity index (χ2v) is 5.49. The third-order valence-electron chi connectivity index (χ3n) is 3.07. The number of hydrogen-bond acceptors (Lipinski definition) is 5. The molecule has 0 fully saturated rings. The molecule has 5 nitrogen and oxygen atoms in total. The van der Waals surface area contributed by atoms with Crippen molar-refractivity contribution in [2.24, 2.45) is 4.99 Å². The van der Waals surface area contributed by atoms with Crippen LogP contribution in [-0.4, -0.2) is 29.8 Å². The Hall–Kier alpha value is -2.47. The van der Waals surface area contributed by atoms with Gasteiger partial charge in [0.2, 0.25) is 0 Å². The number of allylic oxidation sites excluding steroid dienone is 1. The van der Waals surface area contributed by atoms with Gasteiger partial charge in [0.25, 0.3) is 0 Å². The zero-order chi connectivity index (χ0) is 16.1. The van der Waals surface area contributed by atoms with E-state index >= 15 is 0 Å². The van der Waals surface area contributed by atoms with Gasteiger partial charge in [0, 0.05) is 12.7 Å². The van der Waals surface area contributed by atoms with Crippen molar-refractivity contribution in [3.63, 3.8) is 0 Å². The number of carboxylic acids is 1. The second kappa shape index (κ2) is 7.00. The van der Waals surface area contributed by atoms with E-state index in [9.17, 15) is 9.90 Å². The van der Waals surface area contributed by atoms with Crippen LogP contribution in [0.4, 0.5) is 15.8 Å². The monoisotopic (exact) mass is 315 g/mol. The lowest BCUT2D eigenvalue weighted by atomic mass is 10.1. The molecule has 0 saturated heterocycles. The fraction of sp³-hybridized carbons (Fsp3) is 0.188. The Bertz CT molecular complexity index is 707. The van der Waals surface area contributed by atoms with E-state index in [-0.39, 0.29) is 5.57 Å². The van der Waals surface area contributed by atoms with Crippen LogP contribution in [0.5, 0.6) is 0 Å². The average molecular weight is 315 g/mol. The van der Waals surface area contributed by atoms with E-state index in [1.54, 1.807) is 6.08 Å². The van der Waals surface area contributed by atoms with Gasteiger partial charge in [0.05, 0.1) is 5.57 Å². The van der Waals surface area contributed by atoms with E-state index < -0.39 is 5.97 Å². The minimum absolute atomic E-state index is 0.161. The first kappa shape index (κ1) is 15.9. The quantitative estimate of drug-likeness (QED) is 0.643. The molecule has 0 spiro atoms. The van der Waals surface area contributed by atoms with Crippen molar-refractivity contribution in [3.8, 4) is 0 Å². The van der Waals surface area contributed by atoms with Crippen LogP contribution in [0.25, 0.3) is 5.57 Å². The molecule has 0 radical (unpaired) electrons. The summed E-state index contributed by atoms with van der Waals surface area (Å²) in [5.41, 5.74) is 1.50. The average Bonchev–Trinajstić information content (AvgIpc) is 2.96. The summed E-state index contributed by atoms with van der Waals surface area (Å²) < 4.78 is 0. The van der Waals surface area contributed by atoms with Crippen LogP contribution >= 0.6 is 11.3 Å². The van der Waals surface area contributed by atoms with Crippen molar-refractivity contribution in [1.82, 2.24) is 4.98 Å². The lowest BCUT2D eigenvalue weighted by Crippen LogP contribution is -2.09. The number of nitrogens with zero attached hydrogens (tertiary/aromatic N) is 3. The number of para-hydroxylation sites is 1. The first-order valence-corrected chi connectivity index (χ1v) is 7.60. The standard InChI is InChI=1S/C16H17N3O2S/c1-4-8-12(15(20)21)13-14(17-2)22-16(18-13)19(3)11-9-6-5-7-10-11/h5-10H,2,4H2,1,3H3,(H,20,21). The summed E-state index contributed by atoms with van der Waals surface area (Å²) in [5.74, 6) is -1.01. The summed E-state index contributed by atoms with van der Waals surface area (Å²) in [7, 11) is 1.88. The van der Waals surface area contributed by atoms with Crippen molar-refractivity contribution in [3.05, 3.63) is 42.1 Å². The molecular weight excluding hydrogens is 298 g/mol. The van der Waals surface area contributed by atoms with Crippen LogP contribution in [0.3, 0.4) is 0 Å². The number of benzene rings is 1. The minimum atomic E-state index is -1.01. The number of aromatic nitrogens is 1. The molecule has 0 saturated carbocycles. The predicted octanol–water partition coefficient (Wildman–Crippen LogP) is 4.12. The number of hydrogen-bond donors (Lipinski definition) is 1. The van der Waals surface area contributed by atoms with Crippen LogP contribution in [0.2, 0.25) is 0 Å². The Balaban J connectivity index is 2.47. The lowest BCUT2D eigenvalue weighted by Gasteiger charge is -2.15. The number of carbonyl (C=O) groups is 1. The molecule has 0 aliphatic rings. The van der Waals surface area contributed by atoms with Crippen LogP contribution < -0.4 is 4.90 Å². The second-order valence-electron chi connectivity index (χ2n) is 4.53. The Morgan fingerprint density at radius 2 is 2.14 bits per heavy atom. The van der Waals surface area contributed by atoms with E-state index in [0.717, 1.165) is 5.69 Å². The largest absolute Gasteiger partial charge is 0.478 e. The van der Waals surface area contributed by atoms with Gasteiger partial charge in [-0.3, -0.25) is 4.99 Å². The van der Waals surface area contributed by atoms with Crippen LogP contribution in [0, 0.1) is 0 Å². The zero-order valence-corrected chi connectivity index (χ0v) is 13.3. The lowest BCUT2D eigenvalue weighted by molar-refractivity contribution is -0.130. The summed E-state index contributed by atoms with van der Waals surface area (Å²) in [6.45, 7) is 5.40. The molecule has 0 unspecified atom stereocenters. The van der Waals surface area contributed by atoms with E-state index in [1.807, 2.05) is 49.2 Å². The maximum Gasteiger partial charge on any atom is 0.337 e. The van der Waals surface area contributed by atoms with Crippen molar-refractivity contribution in [2.45, 2.75) is 13.3 Å². The fourth-order valence-electron chi connectivity index (χ4n) is 1.98. The molecule has 2 rings (SSSR count). The number of aliphatic imine (C=N–C) groups is 1. The minimum Gasteiger partial charge on any atom is -0.478 e. The normalized spacial score (nSPS) is 11.3. The highest BCUT2D eigenvalue weighted by Gasteiger charge is 2.21. The predicted molar refractivity (Wildman–Crippen MR) is 91.7 cm³/mol. The van der Waals surface area contributed by atoms with E-state index in [1.165, 1.54) is 11.3 Å². The van der Waals surface area contributed by atoms with Crippen molar-refractivity contribution < 1.29 is 9.90 Å². The van der Waals surface area contributed by atoms with Gasteiger partial charge < -0.3 is 10.0 Å². The number of thiazole rings is 1. The van der Waals surface area contributed by atoms with Gasteiger partial charge in [-0.05, 0) is 25.3 Å². The molecular formula is C16H17N3O2S. The van der Waals surface area contributed by atoms with Gasteiger partial charge in [-0.25, -0.2) is 9.78 Å². The topological polar surface area (TPSA) is 65.8 Å². The number of carboxylic acid groups (broad SMARTS) is 1. The highest BCUT2D eigenvalue weighted by molar-refractivity contribution is 7.19. The molecule has 0 bridgehead atoms. The smallest absolute Gasteiger partial charge is 0.337 e. The molecule has 1 aromatic heterocycles. The SMILES string of the molecule is C=Nc1sc(N(C)c2ccccc2)nc1C(=CCC)C(=O)O. The molecule has 2 aromatic rings. The van der Waals surface area contributed by atoms with E-state index in [0.29, 0.717) is 22.2 Å². The third kappa shape index (κ3) is 3.23. The molecule has 6 heteroatoms. The summed E-state index contributed by atoms with van der Waals surface area (Å²) >= 11 is 1.32. The molecule has 1 N–H and O–H groups in total. The highest BCUT2D eigenvalue weighted by atomic mass is 32.1. The van der Waals surface area contributed by atoms with Crippen LogP contribution in [-0.2, 0) is 4.79 Å². The summed E-state index contributed by atoms with van der Waals surface area (Å²) in [6.07, 6.45) is 2.25. The van der Waals surface area contributed by atoms with Gasteiger partial charge in [-0.2, -0.15) is 0 Å². The molecule has 0 aliphatic heterocycles. The van der Waals surface area contributed by atoms with E-state index in [2.05, 4.69) is 16.7 Å². The molecule has 22 heavy (non-hydrogen) atoms. The fourth-order valence-corrected chi connectivity index (χ4v) is 2.85. The molecule has 0 aliphatic carbocycles. The number of aliphatic carboxylic acids is 1. The van der Waals surface area contributed by atoms with Gasteiger partial charge >= 0.3 is 5.97 Å². The van der Waals surface area contributed by atoms with Crippen molar-refractivity contribution in [1.29, 1.82) is 0 Å². The first-order valence-electron chi connectivity index (χ1n) is 6.78. The van der Waals surface area contributed by atoms with E-state index in [4.69, 9.17) is 0 Å². The third-order valence-corrected chi connectivity index (χ3v) is 4.13. The summed E-state index contributed by atoms with van der Waals surface area (Å²) in [4.78, 5) is 21.7. The maximum absolute atomic E-state index is 11.4. The Labute approximate surface area is 133 Å². The van der Waals surface area contributed by atoms with Crippen LogP contribution in [0.15, 0.2) is 41.4 Å². The van der Waals surface area contributed by atoms with Gasteiger partial charge in [0.15, 0.2) is 5.13 Å². The van der Waals surface area contributed by atoms with Gasteiger partial charge in [-0.1, -0.05) is 42.5 Å². The Kier molecular flexibility index (Phi) is 5.06. The molecule has 1 aromatic carbocycles. The maximum atomic E-state index is 11.4. The number of rotatable bonds is 6. The molecule has 1 heterocycles. The van der Waals surface area contributed by atoms with Crippen molar-refractivity contribution >= 4 is 45.4 Å². The van der Waals surface area contributed by atoms with Crippen LogP contribution in [0.1, 0.15) is 19.0 Å². The number of anilines is 2. The Morgan fingerprint density at radius 1 is 1.45 bits per heavy atom. The molecule has 0 atom stereocenters. The highest BCUT2D eigenvalue weighted by Crippen LogP contribution is 2.38. The summed E-state index contributed by atoms with van der Waals surface area (Å²) in [5, 5.41) is 10.6. The first-order chi connectivity index (χ1) is 10.6. The Morgan fingerprint density at radius 3 is 2.68 bits per heavy atom. The van der Waals surface area contributed by atoms with Crippen molar-refractivity contribution in [2.75, 3.05) is 11.9 Å². The molecule has 0 amide bonds. The van der Waals surface area contributed by atoms with Gasteiger partial charge in [-0.15, -0.1) is 0 Å².